The van der Waals surface area contributed by atoms with Gasteiger partial charge in [0.25, 0.3) is 0 Å². The minimum Gasteiger partial charge on any atom is -0.357 e. The van der Waals surface area contributed by atoms with E-state index in [0.29, 0.717) is 0 Å². The number of nitrogens with one attached hydrogen (secondary N) is 2. The van der Waals surface area contributed by atoms with Gasteiger partial charge in [-0.1, -0.05) is 18.2 Å². The Labute approximate surface area is 120 Å². The normalized spacial score (nSPS) is 10.9. The standard InChI is InChI=1S/C15H14BrN3/c1-9-12(16)7-8-14(18-9)19-15-10(2)17-13-6-4-3-5-11(13)15/h3-8,17H,1-2H3,(H,18,19). The second-order valence-electron chi connectivity index (χ2n) is 4.56. The van der Waals surface area contributed by atoms with Crippen LogP contribution in [0.4, 0.5) is 11.5 Å². The number of fused-ring (bicyclic) bond motifs is 1. The van der Waals surface area contributed by atoms with Crippen LogP contribution < -0.4 is 5.32 Å². The SMILES string of the molecule is Cc1nc(Nc2c(C)[nH]c3ccccc23)ccc1Br. The van der Waals surface area contributed by atoms with Crippen molar-refractivity contribution in [2.24, 2.45) is 0 Å². The third-order valence-electron chi connectivity index (χ3n) is 3.17. The van der Waals surface area contributed by atoms with E-state index in [1.54, 1.807) is 0 Å². The van der Waals surface area contributed by atoms with E-state index in [1.807, 2.05) is 31.2 Å². The summed E-state index contributed by atoms with van der Waals surface area (Å²) in [4.78, 5) is 7.90. The lowest BCUT2D eigenvalue weighted by atomic mass is 10.2. The fourth-order valence-electron chi connectivity index (χ4n) is 2.18. The summed E-state index contributed by atoms with van der Waals surface area (Å²) in [5, 5.41) is 4.58. The molecule has 96 valence electrons. The Hall–Kier alpha value is -1.81. The molecule has 3 nitrogen and oxygen atoms in total. The lowest BCUT2D eigenvalue weighted by molar-refractivity contribution is 1.18. The molecule has 0 radical (unpaired) electrons. The molecule has 1 aromatic carbocycles. The summed E-state index contributed by atoms with van der Waals surface area (Å²) in [5.41, 5.74) is 4.31. The number of nitrogens with zero attached hydrogens (tertiary/aromatic N) is 1. The van der Waals surface area contributed by atoms with Gasteiger partial charge in [-0.3, -0.25) is 0 Å². The molecule has 0 aliphatic rings. The van der Waals surface area contributed by atoms with Crippen molar-refractivity contribution in [2.75, 3.05) is 5.32 Å². The van der Waals surface area contributed by atoms with Gasteiger partial charge in [-0.15, -0.1) is 0 Å². The molecule has 0 fully saturated rings. The predicted molar refractivity (Wildman–Crippen MR) is 83.0 cm³/mol. The highest BCUT2D eigenvalue weighted by Crippen LogP contribution is 2.29. The molecular weight excluding hydrogens is 302 g/mol. The molecular formula is C15H14BrN3. The molecule has 19 heavy (non-hydrogen) atoms. The number of halogens is 1. The summed E-state index contributed by atoms with van der Waals surface area (Å²) >= 11 is 3.47. The first-order chi connectivity index (χ1) is 9.15. The van der Waals surface area contributed by atoms with Gasteiger partial charge in [0.15, 0.2) is 0 Å². The minimum atomic E-state index is 0.855. The lowest BCUT2D eigenvalue weighted by Gasteiger charge is -2.07. The summed E-state index contributed by atoms with van der Waals surface area (Å²) in [6.07, 6.45) is 0. The fourth-order valence-corrected chi connectivity index (χ4v) is 2.40. The van der Waals surface area contributed by atoms with E-state index in [1.165, 1.54) is 5.39 Å². The van der Waals surface area contributed by atoms with E-state index in [-0.39, 0.29) is 0 Å². The Balaban J connectivity index is 2.05. The van der Waals surface area contributed by atoms with Crippen molar-refractivity contribution < 1.29 is 0 Å². The smallest absolute Gasteiger partial charge is 0.130 e. The average Bonchev–Trinajstić information content (AvgIpc) is 2.71. The first-order valence-corrected chi connectivity index (χ1v) is 6.92. The van der Waals surface area contributed by atoms with E-state index < -0.39 is 0 Å². The van der Waals surface area contributed by atoms with Gasteiger partial charge in [0.1, 0.15) is 5.82 Å². The van der Waals surface area contributed by atoms with Crippen molar-refractivity contribution in [2.45, 2.75) is 13.8 Å². The summed E-state index contributed by atoms with van der Waals surface area (Å²) < 4.78 is 1.02. The number of para-hydroxylation sites is 1. The highest BCUT2D eigenvalue weighted by atomic mass is 79.9. The third kappa shape index (κ3) is 2.24. The first-order valence-electron chi connectivity index (χ1n) is 6.12. The average molecular weight is 316 g/mol. The molecule has 3 aromatic rings. The fraction of sp³-hybridized carbons (Fsp3) is 0.133. The van der Waals surface area contributed by atoms with Gasteiger partial charge in [0.2, 0.25) is 0 Å². The van der Waals surface area contributed by atoms with Crippen LogP contribution in [0, 0.1) is 13.8 Å². The molecule has 0 unspecified atom stereocenters. The number of hydrogen-bond donors (Lipinski definition) is 2. The number of benzene rings is 1. The number of aryl methyl sites for hydroxylation is 2. The van der Waals surface area contributed by atoms with Gasteiger partial charge >= 0.3 is 0 Å². The highest BCUT2D eigenvalue weighted by molar-refractivity contribution is 9.10. The van der Waals surface area contributed by atoms with Crippen LogP contribution in [0.3, 0.4) is 0 Å². The summed E-state index contributed by atoms with van der Waals surface area (Å²) in [5.74, 6) is 0.855. The molecule has 0 saturated carbocycles. The molecule has 2 heterocycles. The Morgan fingerprint density at radius 1 is 1.11 bits per heavy atom. The zero-order valence-electron chi connectivity index (χ0n) is 10.8. The van der Waals surface area contributed by atoms with Crippen molar-refractivity contribution in [3.63, 3.8) is 0 Å². The maximum atomic E-state index is 4.52. The number of pyridine rings is 1. The second-order valence-corrected chi connectivity index (χ2v) is 5.41. The second kappa shape index (κ2) is 4.70. The van der Waals surface area contributed by atoms with Crippen LogP contribution in [0.25, 0.3) is 10.9 Å². The van der Waals surface area contributed by atoms with E-state index in [2.05, 4.69) is 50.3 Å². The van der Waals surface area contributed by atoms with Gasteiger partial charge in [-0.25, -0.2) is 4.98 Å². The summed E-state index contributed by atoms with van der Waals surface area (Å²) in [6.45, 7) is 4.05. The largest absolute Gasteiger partial charge is 0.357 e. The van der Waals surface area contributed by atoms with Gasteiger partial charge in [0, 0.05) is 21.1 Å². The summed E-state index contributed by atoms with van der Waals surface area (Å²) in [7, 11) is 0. The van der Waals surface area contributed by atoms with Gasteiger partial charge in [-0.2, -0.15) is 0 Å². The highest BCUT2D eigenvalue weighted by Gasteiger charge is 2.08. The number of hydrogen-bond acceptors (Lipinski definition) is 2. The maximum absolute atomic E-state index is 4.52. The Kier molecular flexibility index (Phi) is 3.03. The van der Waals surface area contributed by atoms with Crippen molar-refractivity contribution in [3.8, 4) is 0 Å². The Morgan fingerprint density at radius 2 is 1.89 bits per heavy atom. The molecule has 2 aromatic heterocycles. The van der Waals surface area contributed by atoms with E-state index in [0.717, 1.165) is 32.9 Å². The van der Waals surface area contributed by atoms with Crippen molar-refractivity contribution >= 4 is 38.3 Å². The molecule has 2 N–H and O–H groups in total. The zero-order valence-corrected chi connectivity index (χ0v) is 12.4. The number of aromatic amines is 1. The number of aromatic nitrogens is 2. The number of H-pyrrole nitrogens is 1. The number of rotatable bonds is 2. The lowest BCUT2D eigenvalue weighted by Crippen LogP contribution is -1.96. The van der Waals surface area contributed by atoms with Crippen molar-refractivity contribution in [3.05, 3.63) is 52.3 Å². The van der Waals surface area contributed by atoms with Crippen LogP contribution in [-0.2, 0) is 0 Å². The minimum absolute atomic E-state index is 0.855. The summed E-state index contributed by atoms with van der Waals surface area (Å²) in [6, 6.07) is 12.2. The third-order valence-corrected chi connectivity index (χ3v) is 4.01. The Morgan fingerprint density at radius 3 is 2.68 bits per heavy atom. The monoisotopic (exact) mass is 315 g/mol. The van der Waals surface area contributed by atoms with Crippen LogP contribution in [0.2, 0.25) is 0 Å². The molecule has 4 heteroatoms. The van der Waals surface area contributed by atoms with E-state index in [9.17, 15) is 0 Å². The molecule has 0 amide bonds. The van der Waals surface area contributed by atoms with E-state index >= 15 is 0 Å². The molecule has 3 rings (SSSR count). The van der Waals surface area contributed by atoms with Gasteiger partial charge in [-0.05, 0) is 48.0 Å². The van der Waals surface area contributed by atoms with Crippen LogP contribution in [0.1, 0.15) is 11.4 Å². The van der Waals surface area contributed by atoms with Crippen LogP contribution >= 0.6 is 15.9 Å². The van der Waals surface area contributed by atoms with E-state index in [4.69, 9.17) is 0 Å². The van der Waals surface area contributed by atoms with Crippen LogP contribution in [-0.4, -0.2) is 9.97 Å². The van der Waals surface area contributed by atoms with Gasteiger partial charge < -0.3 is 10.3 Å². The first kappa shape index (κ1) is 12.2. The molecule has 0 spiro atoms. The van der Waals surface area contributed by atoms with Crippen molar-refractivity contribution in [1.82, 2.24) is 9.97 Å². The maximum Gasteiger partial charge on any atom is 0.130 e. The molecule has 0 bridgehead atoms. The van der Waals surface area contributed by atoms with Crippen LogP contribution in [0.5, 0.6) is 0 Å². The number of anilines is 2. The van der Waals surface area contributed by atoms with Crippen LogP contribution in [0.15, 0.2) is 40.9 Å². The van der Waals surface area contributed by atoms with Crippen molar-refractivity contribution in [1.29, 1.82) is 0 Å². The predicted octanol–water partition coefficient (Wildman–Crippen LogP) is 4.69. The molecule has 0 aliphatic heterocycles. The zero-order chi connectivity index (χ0) is 13.4. The Bertz CT molecular complexity index is 746. The quantitative estimate of drug-likeness (QED) is 0.720. The molecule has 0 atom stereocenters. The van der Waals surface area contributed by atoms with Gasteiger partial charge in [0.05, 0.1) is 11.4 Å². The molecule has 0 aliphatic carbocycles. The molecule has 0 saturated heterocycles. The topological polar surface area (TPSA) is 40.7 Å².